The number of ether oxygens (including phenoxy) is 1. The van der Waals surface area contributed by atoms with Crippen molar-refractivity contribution in [1.82, 2.24) is 10.3 Å². The van der Waals surface area contributed by atoms with Gasteiger partial charge >= 0.3 is 0 Å². The number of nitrogen functional groups attached to an aromatic ring is 1. The zero-order chi connectivity index (χ0) is 13.8. The van der Waals surface area contributed by atoms with Gasteiger partial charge in [-0.2, -0.15) is 0 Å². The maximum Gasteiger partial charge on any atom is 0.251 e. The summed E-state index contributed by atoms with van der Waals surface area (Å²) in [7, 11) is 1.57. The number of hydrogen-bond acceptors (Lipinski definition) is 4. The summed E-state index contributed by atoms with van der Waals surface area (Å²) in [6.07, 6.45) is 1.63. The van der Waals surface area contributed by atoms with Crippen molar-refractivity contribution >= 4 is 11.6 Å². The molecule has 2 aromatic rings. The lowest BCUT2D eigenvalue weighted by molar-refractivity contribution is 0.0963. The molecule has 0 radical (unpaired) electrons. The summed E-state index contributed by atoms with van der Waals surface area (Å²) in [5.74, 6) is 0.915. The van der Waals surface area contributed by atoms with Gasteiger partial charge in [0.2, 0.25) is 0 Å². The molecule has 0 aliphatic heterocycles. The monoisotopic (exact) mass is 257 g/mol. The molecule has 0 fully saturated rings. The number of pyridine rings is 1. The number of aromatic nitrogens is 1. The van der Waals surface area contributed by atoms with Crippen LogP contribution in [0.15, 0.2) is 36.5 Å². The van der Waals surface area contributed by atoms with Gasteiger partial charge in [0, 0.05) is 18.3 Å². The molecular formula is C14H15N3O2. The van der Waals surface area contributed by atoms with Crippen molar-refractivity contribution in [3.05, 3.63) is 47.8 Å². The summed E-state index contributed by atoms with van der Waals surface area (Å²) in [6.45, 7) is 1.90. The average molecular weight is 257 g/mol. The number of nitrogens with one attached hydrogen (secondary N) is 1. The Hall–Kier alpha value is -2.56. The number of nitrogens with two attached hydrogens (primary N) is 1. The molecule has 0 unspecified atom stereocenters. The summed E-state index contributed by atoms with van der Waals surface area (Å²) in [4.78, 5) is 15.6. The molecule has 0 atom stereocenters. The van der Waals surface area contributed by atoms with Gasteiger partial charge in [-0.1, -0.05) is 0 Å². The van der Waals surface area contributed by atoms with Crippen LogP contribution < -0.4 is 15.8 Å². The van der Waals surface area contributed by atoms with Gasteiger partial charge in [-0.15, -0.1) is 0 Å². The van der Waals surface area contributed by atoms with E-state index in [-0.39, 0.29) is 5.91 Å². The smallest absolute Gasteiger partial charge is 0.251 e. The van der Waals surface area contributed by atoms with Crippen LogP contribution in [0.5, 0.6) is 11.5 Å². The van der Waals surface area contributed by atoms with E-state index in [0.29, 0.717) is 22.7 Å². The number of rotatable bonds is 3. The van der Waals surface area contributed by atoms with E-state index in [1.807, 2.05) is 19.1 Å². The van der Waals surface area contributed by atoms with Crippen LogP contribution in [0.4, 0.5) is 5.69 Å². The van der Waals surface area contributed by atoms with Crippen LogP contribution in [-0.4, -0.2) is 17.9 Å². The van der Waals surface area contributed by atoms with Gasteiger partial charge in [-0.05, 0) is 37.3 Å². The predicted molar refractivity (Wildman–Crippen MR) is 73.3 cm³/mol. The second kappa shape index (κ2) is 5.39. The molecule has 1 heterocycles. The molecule has 0 aliphatic rings. The second-order valence-electron chi connectivity index (χ2n) is 4.07. The van der Waals surface area contributed by atoms with Crippen LogP contribution in [0.1, 0.15) is 16.1 Å². The third-order valence-electron chi connectivity index (χ3n) is 2.61. The van der Waals surface area contributed by atoms with Crippen molar-refractivity contribution in [2.24, 2.45) is 0 Å². The first-order valence-corrected chi connectivity index (χ1v) is 5.82. The fourth-order valence-corrected chi connectivity index (χ4v) is 1.57. The molecular weight excluding hydrogens is 242 g/mol. The van der Waals surface area contributed by atoms with Crippen molar-refractivity contribution in [2.75, 3.05) is 12.8 Å². The number of aryl methyl sites for hydroxylation is 1. The topological polar surface area (TPSA) is 77.2 Å². The molecule has 98 valence electrons. The van der Waals surface area contributed by atoms with Crippen LogP contribution in [0.25, 0.3) is 0 Å². The summed E-state index contributed by atoms with van der Waals surface area (Å²) in [5, 5.41) is 2.54. The molecule has 0 saturated carbocycles. The Morgan fingerprint density at radius 1 is 1.32 bits per heavy atom. The maximum absolute atomic E-state index is 11.5. The Morgan fingerprint density at radius 3 is 2.68 bits per heavy atom. The maximum atomic E-state index is 11.5. The number of amides is 1. The van der Waals surface area contributed by atoms with Gasteiger partial charge in [-0.3, -0.25) is 9.78 Å². The molecule has 0 spiro atoms. The zero-order valence-electron chi connectivity index (χ0n) is 10.8. The SMILES string of the molecule is CNC(=O)c1ccc(Oc2ccc(C)nc2)c(N)c1. The predicted octanol–water partition coefficient (Wildman–Crippen LogP) is 2.12. The molecule has 5 heteroatoms. The summed E-state index contributed by atoms with van der Waals surface area (Å²) in [5.41, 5.74) is 7.68. The van der Waals surface area contributed by atoms with E-state index in [9.17, 15) is 4.79 Å². The number of benzene rings is 1. The quantitative estimate of drug-likeness (QED) is 0.826. The van der Waals surface area contributed by atoms with Crippen LogP contribution in [0.3, 0.4) is 0 Å². The molecule has 19 heavy (non-hydrogen) atoms. The largest absolute Gasteiger partial charge is 0.454 e. The van der Waals surface area contributed by atoms with E-state index in [1.54, 1.807) is 31.4 Å². The van der Waals surface area contributed by atoms with Crippen molar-refractivity contribution in [2.45, 2.75) is 6.92 Å². The van der Waals surface area contributed by atoms with Gasteiger partial charge in [0.1, 0.15) is 11.5 Å². The number of hydrogen-bond donors (Lipinski definition) is 2. The number of carbonyl (C=O) groups excluding carboxylic acids is 1. The van der Waals surface area contributed by atoms with Crippen LogP contribution >= 0.6 is 0 Å². The highest BCUT2D eigenvalue weighted by Gasteiger charge is 2.08. The highest BCUT2D eigenvalue weighted by molar-refractivity contribution is 5.95. The molecule has 1 aromatic carbocycles. The van der Waals surface area contributed by atoms with Gasteiger partial charge in [0.25, 0.3) is 5.91 Å². The van der Waals surface area contributed by atoms with Gasteiger partial charge in [0.15, 0.2) is 0 Å². The number of nitrogens with zero attached hydrogens (tertiary/aromatic N) is 1. The summed E-state index contributed by atoms with van der Waals surface area (Å²) >= 11 is 0. The fourth-order valence-electron chi connectivity index (χ4n) is 1.57. The van der Waals surface area contributed by atoms with Crippen molar-refractivity contribution in [3.8, 4) is 11.5 Å². The molecule has 1 amide bonds. The molecule has 0 saturated heterocycles. The molecule has 1 aromatic heterocycles. The van der Waals surface area contributed by atoms with E-state index < -0.39 is 0 Å². The summed E-state index contributed by atoms with van der Waals surface area (Å²) < 4.78 is 5.61. The molecule has 3 N–H and O–H groups in total. The second-order valence-corrected chi connectivity index (χ2v) is 4.07. The average Bonchev–Trinajstić information content (AvgIpc) is 2.42. The van der Waals surface area contributed by atoms with Crippen LogP contribution in [-0.2, 0) is 0 Å². The fraction of sp³-hybridized carbons (Fsp3) is 0.143. The number of anilines is 1. The normalized spacial score (nSPS) is 10.0. The Kier molecular flexibility index (Phi) is 3.66. The Labute approximate surface area is 111 Å². The lowest BCUT2D eigenvalue weighted by Gasteiger charge is -2.09. The minimum Gasteiger partial charge on any atom is -0.454 e. The molecule has 0 bridgehead atoms. The molecule has 2 rings (SSSR count). The first kappa shape index (κ1) is 12.9. The van der Waals surface area contributed by atoms with Gasteiger partial charge in [0.05, 0.1) is 11.9 Å². The Morgan fingerprint density at radius 2 is 2.11 bits per heavy atom. The van der Waals surface area contributed by atoms with Crippen LogP contribution in [0, 0.1) is 6.92 Å². The molecule has 0 aliphatic carbocycles. The van der Waals surface area contributed by atoms with Crippen LogP contribution in [0.2, 0.25) is 0 Å². The highest BCUT2D eigenvalue weighted by Crippen LogP contribution is 2.27. The van der Waals surface area contributed by atoms with Gasteiger partial charge in [-0.25, -0.2) is 0 Å². The van der Waals surface area contributed by atoms with Crippen molar-refractivity contribution in [3.63, 3.8) is 0 Å². The lowest BCUT2D eigenvalue weighted by Crippen LogP contribution is -2.17. The summed E-state index contributed by atoms with van der Waals surface area (Å²) in [6, 6.07) is 8.57. The Balaban J connectivity index is 2.22. The number of carbonyl (C=O) groups is 1. The minimum atomic E-state index is -0.185. The highest BCUT2D eigenvalue weighted by atomic mass is 16.5. The standard InChI is InChI=1S/C14H15N3O2/c1-9-3-5-11(8-17-9)19-13-6-4-10(7-12(13)15)14(18)16-2/h3-8H,15H2,1-2H3,(H,16,18). The lowest BCUT2D eigenvalue weighted by atomic mass is 10.2. The van der Waals surface area contributed by atoms with Crippen molar-refractivity contribution < 1.29 is 9.53 Å². The minimum absolute atomic E-state index is 0.185. The first-order chi connectivity index (χ1) is 9.10. The van der Waals surface area contributed by atoms with E-state index in [1.165, 1.54) is 0 Å². The Bertz CT molecular complexity index is 594. The first-order valence-electron chi connectivity index (χ1n) is 5.82. The van der Waals surface area contributed by atoms with Gasteiger partial charge < -0.3 is 15.8 Å². The van der Waals surface area contributed by atoms with Crippen molar-refractivity contribution in [1.29, 1.82) is 0 Å². The van der Waals surface area contributed by atoms with E-state index in [0.717, 1.165) is 5.69 Å². The third-order valence-corrected chi connectivity index (χ3v) is 2.61. The molecule has 5 nitrogen and oxygen atoms in total. The van der Waals surface area contributed by atoms with E-state index >= 15 is 0 Å². The zero-order valence-corrected chi connectivity index (χ0v) is 10.8. The third kappa shape index (κ3) is 3.01. The van der Waals surface area contributed by atoms with E-state index in [2.05, 4.69) is 10.3 Å². The van der Waals surface area contributed by atoms with E-state index in [4.69, 9.17) is 10.5 Å².